The fourth-order valence-corrected chi connectivity index (χ4v) is 11.2. The Kier molecular flexibility index (Phi) is 42.3. The van der Waals surface area contributed by atoms with Gasteiger partial charge in [-0.05, 0) is 11.1 Å². The summed E-state index contributed by atoms with van der Waals surface area (Å²) in [6.07, 6.45) is 45.9. The third kappa shape index (κ3) is 39.0. The Morgan fingerprint density at radius 2 is 0.717 bits per heavy atom. The molecule has 1 N–H and O–H groups in total. The Morgan fingerprint density at radius 3 is 1.03 bits per heavy atom. The van der Waals surface area contributed by atoms with Crippen LogP contribution in [0.4, 0.5) is 0 Å². The number of aliphatic hydroxyl groups excluding tert-OH is 1. The first kappa shape index (κ1) is 56.2. The SMILES string of the molecule is CCCCCCCCCCCCCCCCC[CH2][Sn][CH2]CCCCCCCCCCCCCCCCC.O=C(CC(O)C(=O)OCc1ccccc1)OCc1ccccc1. The predicted molar refractivity (Wildman–Crippen MR) is 258 cm³/mol. The van der Waals surface area contributed by atoms with Crippen molar-refractivity contribution in [3.05, 3.63) is 71.8 Å². The monoisotopic (exact) mass is 941 g/mol. The first-order valence-corrected chi connectivity index (χ1v) is 29.4. The van der Waals surface area contributed by atoms with Gasteiger partial charge < -0.3 is 14.6 Å². The second-order valence-electron chi connectivity index (χ2n) is 17.3. The van der Waals surface area contributed by atoms with Crippen LogP contribution in [-0.2, 0) is 32.3 Å². The predicted octanol–water partition coefficient (Wildman–Crippen LogP) is 16.3. The minimum atomic E-state index is -1.53. The molecule has 2 aromatic rings. The molecule has 0 saturated heterocycles. The van der Waals surface area contributed by atoms with Crippen molar-refractivity contribution in [3.63, 3.8) is 0 Å². The van der Waals surface area contributed by atoms with Crippen LogP contribution in [0.2, 0.25) is 8.87 Å². The van der Waals surface area contributed by atoms with E-state index >= 15 is 0 Å². The van der Waals surface area contributed by atoms with E-state index in [9.17, 15) is 14.7 Å². The minimum Gasteiger partial charge on any atom is -0.461 e. The Bertz CT molecular complexity index is 1140. The first-order valence-electron chi connectivity index (χ1n) is 25.4. The van der Waals surface area contributed by atoms with Crippen LogP contribution in [0, 0.1) is 0 Å². The Balaban J connectivity index is 0.000000664. The second kappa shape index (κ2) is 45.2. The third-order valence-corrected chi connectivity index (χ3v) is 15.5. The van der Waals surface area contributed by atoms with Crippen molar-refractivity contribution in [1.29, 1.82) is 0 Å². The molecule has 342 valence electrons. The molecule has 0 saturated carbocycles. The smallest absolute Gasteiger partial charge is 0.461 e. The molecule has 0 bridgehead atoms. The molecule has 1 unspecified atom stereocenters. The van der Waals surface area contributed by atoms with Crippen molar-refractivity contribution in [3.8, 4) is 0 Å². The van der Waals surface area contributed by atoms with Crippen LogP contribution >= 0.6 is 0 Å². The van der Waals surface area contributed by atoms with Gasteiger partial charge in [0.05, 0.1) is 6.42 Å². The van der Waals surface area contributed by atoms with Crippen molar-refractivity contribution < 1.29 is 24.2 Å². The molecule has 0 fully saturated rings. The van der Waals surface area contributed by atoms with E-state index in [4.69, 9.17) is 9.47 Å². The van der Waals surface area contributed by atoms with Crippen LogP contribution in [0.15, 0.2) is 60.7 Å². The molecule has 5 nitrogen and oxygen atoms in total. The van der Waals surface area contributed by atoms with E-state index in [0.29, 0.717) is 0 Å². The van der Waals surface area contributed by atoms with Gasteiger partial charge in [0.1, 0.15) is 13.2 Å². The number of ether oxygens (including phenoxy) is 2. The van der Waals surface area contributed by atoms with E-state index < -0.39 is 24.5 Å². The van der Waals surface area contributed by atoms with Crippen LogP contribution in [-0.4, -0.2) is 44.3 Å². The van der Waals surface area contributed by atoms with Crippen LogP contribution in [0.25, 0.3) is 0 Å². The minimum absolute atomic E-state index is 0.00985. The van der Waals surface area contributed by atoms with Gasteiger partial charge in [0.2, 0.25) is 0 Å². The zero-order valence-corrected chi connectivity index (χ0v) is 41.9. The average molecular weight is 940 g/mol. The van der Waals surface area contributed by atoms with E-state index in [2.05, 4.69) is 13.8 Å². The molecule has 2 radical (unpaired) electrons. The number of aliphatic hydroxyl groups is 1. The van der Waals surface area contributed by atoms with Gasteiger partial charge in [-0.25, -0.2) is 4.79 Å². The van der Waals surface area contributed by atoms with Gasteiger partial charge in [-0.15, -0.1) is 0 Å². The molecule has 2 rings (SSSR count). The molecule has 2 aromatic carbocycles. The number of carbonyl (C=O) groups excluding carboxylic acids is 2. The standard InChI is InChI=1S/C18H18O5.2C18H37.Sn/c19-16(18(21)23-13-15-9-5-2-6-10-15)11-17(20)22-12-14-7-3-1-4-8-14;2*1-3-5-7-9-11-13-15-17-18-16-14-12-10-8-6-4-2;/h1-10,16,19H,11-13H2;2*1,3-18H2,2H3;. The van der Waals surface area contributed by atoms with E-state index in [1.807, 2.05) is 48.5 Å². The van der Waals surface area contributed by atoms with Crippen LogP contribution in [0.1, 0.15) is 237 Å². The van der Waals surface area contributed by atoms with Crippen molar-refractivity contribution in [1.82, 2.24) is 0 Å². The number of esters is 2. The second-order valence-corrected chi connectivity index (χ2v) is 21.6. The van der Waals surface area contributed by atoms with Gasteiger partial charge in [-0.3, -0.25) is 4.79 Å². The summed E-state index contributed by atoms with van der Waals surface area (Å²) in [5.41, 5.74) is 1.64. The summed E-state index contributed by atoms with van der Waals surface area (Å²) in [4.78, 5) is 23.3. The molecule has 0 amide bonds. The molecule has 6 heteroatoms. The van der Waals surface area contributed by atoms with E-state index in [1.165, 1.54) is 193 Å². The molecule has 0 aromatic heterocycles. The molecular formula is C54H92O5Sn. The van der Waals surface area contributed by atoms with Gasteiger partial charge in [-0.2, -0.15) is 0 Å². The number of benzene rings is 2. The summed E-state index contributed by atoms with van der Waals surface area (Å²) in [7, 11) is 0. The van der Waals surface area contributed by atoms with Gasteiger partial charge >= 0.3 is 183 Å². The topological polar surface area (TPSA) is 72.8 Å². The van der Waals surface area contributed by atoms with Crippen molar-refractivity contribution in [2.24, 2.45) is 0 Å². The van der Waals surface area contributed by atoms with Gasteiger partial charge in [-0.1, -0.05) is 139 Å². The molecule has 0 spiro atoms. The fourth-order valence-electron chi connectivity index (χ4n) is 7.58. The molecular weight excluding hydrogens is 847 g/mol. The molecule has 0 aliphatic carbocycles. The summed E-state index contributed by atoms with van der Waals surface area (Å²) in [5.74, 6) is -1.50. The Labute approximate surface area is 381 Å². The normalized spacial score (nSPS) is 11.5. The van der Waals surface area contributed by atoms with Crippen LogP contribution in [0.5, 0.6) is 0 Å². The maximum atomic E-state index is 11.6. The van der Waals surface area contributed by atoms with Gasteiger partial charge in [0.25, 0.3) is 0 Å². The van der Waals surface area contributed by atoms with Gasteiger partial charge in [0.15, 0.2) is 6.10 Å². The van der Waals surface area contributed by atoms with Crippen molar-refractivity contribution in [2.45, 2.75) is 254 Å². The van der Waals surface area contributed by atoms with Crippen molar-refractivity contribution in [2.75, 3.05) is 0 Å². The number of hydrogen-bond donors (Lipinski definition) is 1. The van der Waals surface area contributed by atoms with Gasteiger partial charge in [0, 0.05) is 0 Å². The van der Waals surface area contributed by atoms with E-state index in [-0.39, 0.29) is 34.4 Å². The summed E-state index contributed by atoms with van der Waals surface area (Å²) < 4.78 is 13.3. The zero-order valence-electron chi connectivity index (χ0n) is 39.1. The number of hydrogen-bond acceptors (Lipinski definition) is 5. The number of rotatable bonds is 41. The molecule has 0 aliphatic rings. The van der Waals surface area contributed by atoms with E-state index in [1.54, 1.807) is 33.8 Å². The molecule has 0 heterocycles. The third-order valence-electron chi connectivity index (χ3n) is 11.5. The maximum absolute atomic E-state index is 11.6. The Hall–Kier alpha value is -1.86. The fraction of sp³-hybridized carbons (Fsp3) is 0.741. The summed E-state index contributed by atoms with van der Waals surface area (Å²) in [5, 5.41) is 9.69. The summed E-state index contributed by atoms with van der Waals surface area (Å²) in [6, 6.07) is 18.2. The zero-order chi connectivity index (χ0) is 43.2. The number of carbonyl (C=O) groups is 2. The van der Waals surface area contributed by atoms with E-state index in [0.717, 1.165) is 11.1 Å². The number of unbranched alkanes of at least 4 members (excludes halogenated alkanes) is 30. The van der Waals surface area contributed by atoms with Crippen LogP contribution < -0.4 is 0 Å². The molecule has 60 heavy (non-hydrogen) atoms. The van der Waals surface area contributed by atoms with Crippen LogP contribution in [0.3, 0.4) is 0 Å². The quantitative estimate of drug-likeness (QED) is 0.0408. The molecule has 1 atom stereocenters. The Morgan fingerprint density at radius 1 is 0.433 bits per heavy atom. The summed E-state index contributed by atoms with van der Waals surface area (Å²) in [6.45, 7) is 4.78. The first-order chi connectivity index (χ1) is 29.6. The van der Waals surface area contributed by atoms with Crippen molar-refractivity contribution >= 4 is 33.1 Å². The average Bonchev–Trinajstić information content (AvgIpc) is 3.27. The summed E-state index contributed by atoms with van der Waals surface area (Å²) >= 11 is 0.00985. The molecule has 0 aliphatic heterocycles.